The van der Waals surface area contributed by atoms with E-state index in [0.717, 1.165) is 5.56 Å². The largest absolute Gasteiger partial charge is 0.299 e. The van der Waals surface area contributed by atoms with Gasteiger partial charge in [-0.05, 0) is 22.9 Å². The molecule has 0 saturated carbocycles. The van der Waals surface area contributed by atoms with Crippen molar-refractivity contribution >= 4 is 41.1 Å². The van der Waals surface area contributed by atoms with Crippen LogP contribution in [0.3, 0.4) is 0 Å². The predicted molar refractivity (Wildman–Crippen MR) is 110 cm³/mol. The van der Waals surface area contributed by atoms with Crippen molar-refractivity contribution in [1.82, 2.24) is 30.0 Å². The van der Waals surface area contributed by atoms with Gasteiger partial charge in [0.15, 0.2) is 0 Å². The van der Waals surface area contributed by atoms with Crippen LogP contribution in [0.25, 0.3) is 17.1 Å². The Morgan fingerprint density at radius 1 is 1.14 bits per heavy atom. The molecular weight excluding hydrogens is 437 g/mol. The first-order chi connectivity index (χ1) is 13.9. The summed E-state index contributed by atoms with van der Waals surface area (Å²) in [5, 5.41) is 27.0. The lowest BCUT2D eigenvalue weighted by Crippen LogP contribution is -2.04. The molecule has 4 aromatic rings. The molecule has 146 valence electrons. The van der Waals surface area contributed by atoms with Crippen LogP contribution in [0.15, 0.2) is 48.7 Å². The number of rotatable bonds is 5. The quantitative estimate of drug-likeness (QED) is 0.275. The Labute approximate surface area is 178 Å². The molecule has 0 amide bonds. The lowest BCUT2D eigenvalue weighted by Gasteiger charge is -2.07. The summed E-state index contributed by atoms with van der Waals surface area (Å²) in [6.07, 6.45) is 1.65. The summed E-state index contributed by atoms with van der Waals surface area (Å²) >= 11 is 18.0. The van der Waals surface area contributed by atoms with E-state index in [2.05, 4.69) is 20.5 Å². The van der Waals surface area contributed by atoms with Crippen molar-refractivity contribution in [3.63, 3.8) is 0 Å². The third-order valence-corrected chi connectivity index (χ3v) is 5.11. The van der Waals surface area contributed by atoms with E-state index >= 15 is 0 Å². The van der Waals surface area contributed by atoms with Crippen LogP contribution in [0.1, 0.15) is 5.56 Å². The van der Waals surface area contributed by atoms with Crippen LogP contribution in [0.4, 0.5) is 5.69 Å². The smallest absolute Gasteiger partial charge is 0.269 e. The molecule has 29 heavy (non-hydrogen) atoms. The van der Waals surface area contributed by atoms with Gasteiger partial charge in [0, 0.05) is 18.3 Å². The van der Waals surface area contributed by atoms with Gasteiger partial charge in [-0.3, -0.25) is 15.2 Å². The van der Waals surface area contributed by atoms with Gasteiger partial charge in [0.25, 0.3) is 5.69 Å². The van der Waals surface area contributed by atoms with E-state index in [4.69, 9.17) is 35.4 Å². The third-order valence-electron chi connectivity index (χ3n) is 4.10. The second-order valence-electron chi connectivity index (χ2n) is 5.96. The number of H-pyrrole nitrogens is 1. The fraction of sp³-hybridized carbons (Fsp3) is 0.0588. The van der Waals surface area contributed by atoms with Crippen LogP contribution in [0, 0.1) is 14.8 Å². The summed E-state index contributed by atoms with van der Waals surface area (Å²) in [6.45, 7) is 0.304. The molecule has 2 aromatic heterocycles. The van der Waals surface area contributed by atoms with Crippen LogP contribution < -0.4 is 0 Å². The molecule has 12 heteroatoms. The number of halogens is 2. The molecular formula is C17H11Cl2N7O2S. The highest BCUT2D eigenvalue weighted by Crippen LogP contribution is 2.29. The summed E-state index contributed by atoms with van der Waals surface area (Å²) in [5.41, 5.74) is 1.91. The number of hydrogen-bond donors (Lipinski definition) is 1. The van der Waals surface area contributed by atoms with Gasteiger partial charge >= 0.3 is 0 Å². The summed E-state index contributed by atoms with van der Waals surface area (Å²) in [6, 6.07) is 11.3. The SMILES string of the molecule is O=[N+]([O-])c1ccc(Cn2nnc(-c3c[nH]n(-c4c(Cl)cccc4Cl)c3=S)n2)cc1. The average molecular weight is 448 g/mol. The predicted octanol–water partition coefficient (Wildman–Crippen LogP) is 4.45. The van der Waals surface area contributed by atoms with Crippen LogP contribution >= 0.6 is 35.4 Å². The lowest BCUT2D eigenvalue weighted by molar-refractivity contribution is -0.384. The number of para-hydroxylation sites is 1. The molecule has 0 radical (unpaired) electrons. The zero-order valence-corrected chi connectivity index (χ0v) is 16.8. The van der Waals surface area contributed by atoms with Gasteiger partial charge < -0.3 is 0 Å². The van der Waals surface area contributed by atoms with E-state index in [1.165, 1.54) is 16.9 Å². The van der Waals surface area contributed by atoms with Crippen molar-refractivity contribution in [3.8, 4) is 17.1 Å². The second kappa shape index (κ2) is 7.74. The number of aromatic amines is 1. The highest BCUT2D eigenvalue weighted by Gasteiger charge is 2.16. The van der Waals surface area contributed by atoms with Crippen molar-refractivity contribution in [1.29, 1.82) is 0 Å². The number of tetrazole rings is 1. The minimum Gasteiger partial charge on any atom is -0.299 e. The molecule has 9 nitrogen and oxygen atoms in total. The van der Waals surface area contributed by atoms with Crippen molar-refractivity contribution in [2.24, 2.45) is 0 Å². The topological polar surface area (TPSA) is 107 Å². The fourth-order valence-electron chi connectivity index (χ4n) is 2.70. The zero-order chi connectivity index (χ0) is 20.5. The zero-order valence-electron chi connectivity index (χ0n) is 14.5. The number of nitrogens with zero attached hydrogens (tertiary/aromatic N) is 6. The fourth-order valence-corrected chi connectivity index (χ4v) is 3.56. The molecule has 0 aliphatic carbocycles. The minimum atomic E-state index is -0.451. The Kier molecular flexibility index (Phi) is 5.14. The van der Waals surface area contributed by atoms with Crippen molar-refractivity contribution in [2.45, 2.75) is 6.54 Å². The molecule has 0 saturated heterocycles. The Balaban J connectivity index is 1.61. The van der Waals surface area contributed by atoms with Gasteiger partial charge in [0.1, 0.15) is 10.3 Å². The van der Waals surface area contributed by atoms with Gasteiger partial charge in [-0.2, -0.15) is 4.80 Å². The molecule has 1 N–H and O–H groups in total. The van der Waals surface area contributed by atoms with E-state index in [1.807, 2.05) is 0 Å². The lowest BCUT2D eigenvalue weighted by atomic mass is 10.2. The van der Waals surface area contributed by atoms with Crippen LogP contribution in [0.5, 0.6) is 0 Å². The first-order valence-corrected chi connectivity index (χ1v) is 9.37. The number of nitro benzene ring substituents is 1. The van der Waals surface area contributed by atoms with E-state index in [-0.39, 0.29) is 5.69 Å². The molecule has 2 aromatic carbocycles. The number of nitro groups is 1. The second-order valence-corrected chi connectivity index (χ2v) is 7.17. The summed E-state index contributed by atoms with van der Waals surface area (Å²) in [4.78, 5) is 11.7. The van der Waals surface area contributed by atoms with E-state index < -0.39 is 4.92 Å². The van der Waals surface area contributed by atoms with E-state index in [0.29, 0.717) is 38.3 Å². The number of non-ortho nitro benzene ring substituents is 1. The molecule has 0 spiro atoms. The van der Waals surface area contributed by atoms with Gasteiger partial charge in [-0.15, -0.1) is 10.2 Å². The average Bonchev–Trinajstić information content (AvgIpc) is 3.29. The highest BCUT2D eigenvalue weighted by atomic mass is 35.5. The Morgan fingerprint density at radius 3 is 2.48 bits per heavy atom. The Hall–Kier alpha value is -3.08. The summed E-state index contributed by atoms with van der Waals surface area (Å²) in [7, 11) is 0. The molecule has 2 heterocycles. The van der Waals surface area contributed by atoms with Crippen molar-refractivity contribution < 1.29 is 4.92 Å². The maximum absolute atomic E-state index is 10.7. The monoisotopic (exact) mass is 447 g/mol. The highest BCUT2D eigenvalue weighted by molar-refractivity contribution is 7.71. The van der Waals surface area contributed by atoms with Crippen LogP contribution in [0.2, 0.25) is 10.0 Å². The number of benzene rings is 2. The minimum absolute atomic E-state index is 0.0202. The number of hydrogen-bond acceptors (Lipinski definition) is 6. The molecule has 0 aliphatic rings. The van der Waals surface area contributed by atoms with E-state index in [1.54, 1.807) is 41.2 Å². The Bertz CT molecular complexity index is 1240. The number of nitrogens with one attached hydrogen (secondary N) is 1. The molecule has 0 unspecified atom stereocenters. The molecule has 0 atom stereocenters. The first kappa shape index (κ1) is 19.2. The third kappa shape index (κ3) is 3.77. The van der Waals surface area contributed by atoms with Crippen molar-refractivity contribution in [3.05, 3.63) is 79.0 Å². The van der Waals surface area contributed by atoms with E-state index in [9.17, 15) is 10.1 Å². The summed E-state index contributed by atoms with van der Waals surface area (Å²) in [5.74, 6) is 0.329. The first-order valence-electron chi connectivity index (χ1n) is 8.20. The van der Waals surface area contributed by atoms with Gasteiger partial charge in [0.05, 0.1) is 27.1 Å². The molecule has 0 aliphatic heterocycles. The van der Waals surface area contributed by atoms with Crippen LogP contribution in [-0.2, 0) is 6.54 Å². The Morgan fingerprint density at radius 2 is 1.83 bits per heavy atom. The van der Waals surface area contributed by atoms with Gasteiger partial charge in [-0.1, -0.05) is 53.6 Å². The maximum atomic E-state index is 10.7. The summed E-state index contributed by atoms with van der Waals surface area (Å²) < 4.78 is 1.97. The number of aromatic nitrogens is 6. The molecule has 0 fully saturated rings. The van der Waals surface area contributed by atoms with Gasteiger partial charge in [-0.25, -0.2) is 4.68 Å². The maximum Gasteiger partial charge on any atom is 0.269 e. The van der Waals surface area contributed by atoms with Gasteiger partial charge in [0.2, 0.25) is 5.82 Å². The van der Waals surface area contributed by atoms with Crippen molar-refractivity contribution in [2.75, 3.05) is 0 Å². The standard InChI is InChI=1S/C17H11Cl2N7O2S/c18-13-2-1-3-14(19)15(13)25-17(29)12(8-20-25)16-21-23-24(22-16)9-10-4-6-11(7-5-10)26(27)28/h1-8,20H,9H2. The molecule has 4 rings (SSSR count). The normalized spacial score (nSPS) is 11.0. The van der Waals surface area contributed by atoms with Crippen LogP contribution in [-0.4, -0.2) is 34.9 Å². The molecule has 0 bridgehead atoms.